The van der Waals surface area contributed by atoms with Crippen molar-refractivity contribution in [2.24, 2.45) is 0 Å². The van der Waals surface area contributed by atoms with Gasteiger partial charge in [-0.25, -0.2) is 0 Å². The molecule has 0 aliphatic heterocycles. The van der Waals surface area contributed by atoms with E-state index in [4.69, 9.17) is 5.26 Å². The van der Waals surface area contributed by atoms with Gasteiger partial charge in [-0.3, -0.25) is 9.59 Å². The van der Waals surface area contributed by atoms with Crippen molar-refractivity contribution in [2.75, 3.05) is 0 Å². The van der Waals surface area contributed by atoms with Gasteiger partial charge < -0.3 is 0 Å². The van der Waals surface area contributed by atoms with Crippen LogP contribution in [0.2, 0.25) is 0 Å². The van der Waals surface area contributed by atoms with Crippen LogP contribution in [0, 0.1) is 11.3 Å². The molecule has 100 valence electrons. The Morgan fingerprint density at radius 3 is 2.38 bits per heavy atom. The number of carbonyl (C=O) groups is 2. The second-order valence-corrected chi connectivity index (χ2v) is 4.87. The van der Waals surface area contributed by atoms with Crippen molar-refractivity contribution in [1.82, 2.24) is 0 Å². The van der Waals surface area contributed by atoms with E-state index >= 15 is 0 Å². The molecule has 0 fully saturated rings. The van der Waals surface area contributed by atoms with E-state index in [9.17, 15) is 9.59 Å². The van der Waals surface area contributed by atoms with Crippen molar-refractivity contribution < 1.29 is 9.59 Å². The van der Waals surface area contributed by atoms with Gasteiger partial charge in [0.15, 0.2) is 11.6 Å². The SMILES string of the molecule is CC(=O)/C(C#N)=C/c1cccc2c1-c1ccccc1C2=O. The summed E-state index contributed by atoms with van der Waals surface area (Å²) in [6.45, 7) is 1.36. The zero-order chi connectivity index (χ0) is 15.0. The Morgan fingerprint density at radius 1 is 1.05 bits per heavy atom. The molecule has 0 aromatic heterocycles. The smallest absolute Gasteiger partial charge is 0.194 e. The Labute approximate surface area is 122 Å². The third-order valence-electron chi connectivity index (χ3n) is 3.58. The highest BCUT2D eigenvalue weighted by atomic mass is 16.1. The maximum atomic E-state index is 12.4. The predicted octanol–water partition coefficient (Wildman–Crippen LogP) is 3.39. The summed E-state index contributed by atoms with van der Waals surface area (Å²) in [5.41, 5.74) is 3.73. The van der Waals surface area contributed by atoms with Crippen molar-refractivity contribution >= 4 is 17.6 Å². The molecule has 3 nitrogen and oxygen atoms in total. The van der Waals surface area contributed by atoms with Gasteiger partial charge in [0, 0.05) is 16.7 Å². The molecule has 0 saturated carbocycles. The highest BCUT2D eigenvalue weighted by Crippen LogP contribution is 2.39. The van der Waals surface area contributed by atoms with Crippen molar-refractivity contribution in [2.45, 2.75) is 6.92 Å². The fraction of sp³-hybridized carbons (Fsp3) is 0.0556. The summed E-state index contributed by atoms with van der Waals surface area (Å²) in [5, 5.41) is 9.05. The molecule has 0 bridgehead atoms. The van der Waals surface area contributed by atoms with Crippen molar-refractivity contribution in [3.63, 3.8) is 0 Å². The Morgan fingerprint density at radius 2 is 1.71 bits per heavy atom. The first-order valence-corrected chi connectivity index (χ1v) is 6.53. The molecule has 0 atom stereocenters. The van der Waals surface area contributed by atoms with Gasteiger partial charge in [-0.2, -0.15) is 5.26 Å². The second kappa shape index (κ2) is 4.84. The predicted molar refractivity (Wildman–Crippen MR) is 79.6 cm³/mol. The van der Waals surface area contributed by atoms with Crippen LogP contribution in [-0.2, 0) is 4.79 Å². The largest absolute Gasteiger partial charge is 0.294 e. The van der Waals surface area contributed by atoms with Crippen LogP contribution in [-0.4, -0.2) is 11.6 Å². The van der Waals surface area contributed by atoms with Crippen LogP contribution in [0.25, 0.3) is 17.2 Å². The van der Waals surface area contributed by atoms with Gasteiger partial charge in [0.05, 0.1) is 5.57 Å². The highest BCUT2D eigenvalue weighted by Gasteiger charge is 2.27. The lowest BCUT2D eigenvalue weighted by Crippen LogP contribution is -1.96. The van der Waals surface area contributed by atoms with Gasteiger partial charge in [-0.15, -0.1) is 0 Å². The summed E-state index contributed by atoms with van der Waals surface area (Å²) < 4.78 is 0. The van der Waals surface area contributed by atoms with E-state index in [1.807, 2.05) is 30.3 Å². The zero-order valence-corrected chi connectivity index (χ0v) is 11.4. The number of ketones is 2. The number of nitriles is 1. The lowest BCUT2D eigenvalue weighted by molar-refractivity contribution is -0.113. The number of hydrogen-bond acceptors (Lipinski definition) is 3. The molecule has 0 N–H and O–H groups in total. The van der Waals surface area contributed by atoms with Crippen LogP contribution in [0.1, 0.15) is 28.4 Å². The molecule has 2 aromatic rings. The number of benzene rings is 2. The molecule has 0 saturated heterocycles. The number of Topliss-reactive ketones (excluding diaryl/α,β-unsaturated/α-hetero) is 1. The van der Waals surface area contributed by atoms with Gasteiger partial charge in [-0.1, -0.05) is 42.5 Å². The number of allylic oxidation sites excluding steroid dienone is 1. The topological polar surface area (TPSA) is 57.9 Å². The Kier molecular flexibility index (Phi) is 3.00. The van der Waals surface area contributed by atoms with Crippen LogP contribution in [0.3, 0.4) is 0 Å². The van der Waals surface area contributed by atoms with Crippen LogP contribution in [0.5, 0.6) is 0 Å². The Bertz CT molecular complexity index is 854. The van der Waals surface area contributed by atoms with Gasteiger partial charge in [0.25, 0.3) is 0 Å². The molecule has 0 radical (unpaired) electrons. The summed E-state index contributed by atoms with van der Waals surface area (Å²) >= 11 is 0. The Hall–Kier alpha value is -2.99. The lowest BCUT2D eigenvalue weighted by atomic mass is 9.97. The van der Waals surface area contributed by atoms with E-state index in [0.29, 0.717) is 11.1 Å². The molecule has 21 heavy (non-hydrogen) atoms. The van der Waals surface area contributed by atoms with Crippen LogP contribution < -0.4 is 0 Å². The van der Waals surface area contributed by atoms with Crippen LogP contribution >= 0.6 is 0 Å². The molecule has 3 rings (SSSR count). The van der Waals surface area contributed by atoms with Gasteiger partial charge in [0.1, 0.15) is 6.07 Å². The third-order valence-corrected chi connectivity index (χ3v) is 3.58. The summed E-state index contributed by atoms with van der Waals surface area (Å²) in [5.74, 6) is -0.301. The van der Waals surface area contributed by atoms with E-state index in [0.717, 1.165) is 16.7 Å². The normalized spacial score (nSPS) is 12.6. The summed E-state index contributed by atoms with van der Waals surface area (Å²) in [7, 11) is 0. The minimum absolute atomic E-state index is 0.0165. The fourth-order valence-electron chi connectivity index (χ4n) is 2.59. The molecule has 1 aliphatic rings. The second-order valence-electron chi connectivity index (χ2n) is 4.87. The fourth-order valence-corrected chi connectivity index (χ4v) is 2.59. The highest BCUT2D eigenvalue weighted by molar-refractivity contribution is 6.23. The van der Waals surface area contributed by atoms with Crippen molar-refractivity contribution in [3.8, 4) is 17.2 Å². The molecular formula is C18H11NO2. The lowest BCUT2D eigenvalue weighted by Gasteiger charge is -2.05. The molecule has 1 aliphatic carbocycles. The van der Waals surface area contributed by atoms with E-state index in [-0.39, 0.29) is 17.1 Å². The maximum Gasteiger partial charge on any atom is 0.194 e. The average molecular weight is 273 g/mol. The quantitative estimate of drug-likeness (QED) is 0.531. The first-order valence-electron chi connectivity index (χ1n) is 6.53. The minimum Gasteiger partial charge on any atom is -0.294 e. The average Bonchev–Trinajstić information content (AvgIpc) is 2.79. The van der Waals surface area contributed by atoms with Crippen molar-refractivity contribution in [1.29, 1.82) is 5.26 Å². The molecule has 0 spiro atoms. The number of fused-ring (bicyclic) bond motifs is 3. The summed E-state index contributed by atoms with van der Waals surface area (Å²) in [6.07, 6.45) is 1.55. The first kappa shape index (κ1) is 13.0. The standard InChI is InChI=1S/C18H11NO2/c1-11(20)13(10-19)9-12-5-4-8-16-17(12)14-6-2-3-7-15(14)18(16)21/h2-9H,1H3/b13-9+. The maximum absolute atomic E-state index is 12.4. The molecule has 0 unspecified atom stereocenters. The minimum atomic E-state index is -0.285. The van der Waals surface area contributed by atoms with Gasteiger partial charge >= 0.3 is 0 Å². The molecule has 3 heteroatoms. The number of rotatable bonds is 2. The van der Waals surface area contributed by atoms with Crippen LogP contribution in [0.15, 0.2) is 48.0 Å². The monoisotopic (exact) mass is 273 g/mol. The number of nitrogens with zero attached hydrogens (tertiary/aromatic N) is 1. The summed E-state index contributed by atoms with van der Waals surface area (Å²) in [6, 6.07) is 14.6. The first-order chi connectivity index (χ1) is 10.1. The van der Waals surface area contributed by atoms with E-state index in [1.165, 1.54) is 6.92 Å². The van der Waals surface area contributed by atoms with E-state index < -0.39 is 0 Å². The van der Waals surface area contributed by atoms with Gasteiger partial charge in [0.2, 0.25) is 0 Å². The number of hydrogen-bond donors (Lipinski definition) is 0. The molecule has 0 heterocycles. The number of carbonyl (C=O) groups excluding carboxylic acids is 2. The zero-order valence-electron chi connectivity index (χ0n) is 11.4. The van der Waals surface area contributed by atoms with E-state index in [2.05, 4.69) is 0 Å². The third kappa shape index (κ3) is 1.98. The van der Waals surface area contributed by atoms with Gasteiger partial charge in [-0.05, 0) is 24.1 Å². The van der Waals surface area contributed by atoms with E-state index in [1.54, 1.807) is 24.3 Å². The van der Waals surface area contributed by atoms with Crippen LogP contribution in [0.4, 0.5) is 0 Å². The van der Waals surface area contributed by atoms with Crippen molar-refractivity contribution in [3.05, 3.63) is 64.7 Å². The molecular weight excluding hydrogens is 262 g/mol. The molecule has 0 amide bonds. The summed E-state index contributed by atoms with van der Waals surface area (Å²) in [4.78, 5) is 23.8. The Balaban J connectivity index is 2.29. The molecule has 2 aromatic carbocycles.